The summed E-state index contributed by atoms with van der Waals surface area (Å²) < 4.78 is 0. The largest absolute Gasteiger partial charge is 0.385 e. The first-order valence-electron chi connectivity index (χ1n) is 7.65. The Kier molecular flexibility index (Phi) is 4.06. The van der Waals surface area contributed by atoms with Gasteiger partial charge in [-0.25, -0.2) is 0 Å². The van der Waals surface area contributed by atoms with Crippen LogP contribution in [0.1, 0.15) is 70.9 Å². The Labute approximate surface area is 118 Å². The fourth-order valence-electron chi connectivity index (χ4n) is 3.07. The minimum atomic E-state index is -0.596. The predicted molar refractivity (Wildman–Crippen MR) is 81.3 cm³/mol. The summed E-state index contributed by atoms with van der Waals surface area (Å²) in [6.45, 7) is 8.98. The second kappa shape index (κ2) is 5.28. The van der Waals surface area contributed by atoms with Gasteiger partial charge in [-0.2, -0.15) is 0 Å². The first-order valence-corrected chi connectivity index (χ1v) is 7.65. The van der Waals surface area contributed by atoms with E-state index in [0.717, 1.165) is 37.2 Å². The van der Waals surface area contributed by atoms with Crippen LogP contribution in [0.2, 0.25) is 0 Å². The molecule has 1 aliphatic carbocycles. The van der Waals surface area contributed by atoms with E-state index in [-0.39, 0.29) is 5.41 Å². The molecule has 0 bridgehead atoms. The summed E-state index contributed by atoms with van der Waals surface area (Å²) >= 11 is 0. The fraction of sp³-hybridized carbons (Fsp3) is 0.667. The molecule has 1 N–H and O–H groups in total. The summed E-state index contributed by atoms with van der Waals surface area (Å²) in [7, 11) is 0. The molecule has 0 radical (unpaired) electrons. The molecule has 0 heterocycles. The van der Waals surface area contributed by atoms with Crippen LogP contribution in [0.15, 0.2) is 24.3 Å². The Morgan fingerprint density at radius 3 is 2.26 bits per heavy atom. The summed E-state index contributed by atoms with van der Waals surface area (Å²) in [4.78, 5) is 0. The van der Waals surface area contributed by atoms with Crippen LogP contribution >= 0.6 is 0 Å². The maximum absolute atomic E-state index is 10.9. The van der Waals surface area contributed by atoms with Gasteiger partial charge in [-0.3, -0.25) is 0 Å². The Morgan fingerprint density at radius 2 is 1.68 bits per heavy atom. The maximum Gasteiger partial charge on any atom is 0.0896 e. The molecule has 1 aliphatic rings. The van der Waals surface area contributed by atoms with E-state index in [2.05, 4.69) is 52.0 Å². The predicted octanol–water partition coefficient (Wildman–Crippen LogP) is 4.77. The molecule has 2 rings (SSSR count). The Hall–Kier alpha value is -0.820. The zero-order chi connectivity index (χ0) is 14.1. The van der Waals surface area contributed by atoms with Crippen LogP contribution in [0.25, 0.3) is 0 Å². The lowest BCUT2D eigenvalue weighted by atomic mass is 9.82. The normalized spacial score (nSPS) is 29.0. The van der Waals surface area contributed by atoms with E-state index >= 15 is 0 Å². The lowest BCUT2D eigenvalue weighted by Crippen LogP contribution is -2.25. The van der Waals surface area contributed by atoms with Crippen molar-refractivity contribution in [2.24, 2.45) is 5.92 Å². The monoisotopic (exact) mass is 260 g/mol. The van der Waals surface area contributed by atoms with E-state index in [1.807, 2.05) is 0 Å². The molecule has 1 aromatic rings. The molecule has 0 amide bonds. The van der Waals surface area contributed by atoms with Crippen LogP contribution in [0.3, 0.4) is 0 Å². The molecule has 1 saturated carbocycles. The topological polar surface area (TPSA) is 20.2 Å². The second-order valence-corrected chi connectivity index (χ2v) is 7.40. The standard InChI is InChI=1S/C18H28O/c1-14-6-5-12-18(19,13-11-14)16-9-7-15(8-10-16)17(2,3)4/h7-10,14,19H,5-6,11-13H2,1-4H3. The number of hydrogen-bond acceptors (Lipinski definition) is 1. The molecule has 2 unspecified atom stereocenters. The van der Waals surface area contributed by atoms with Crippen molar-refractivity contribution < 1.29 is 5.11 Å². The Balaban J connectivity index is 2.21. The van der Waals surface area contributed by atoms with Crippen molar-refractivity contribution in [3.63, 3.8) is 0 Å². The molecular formula is C18H28O. The van der Waals surface area contributed by atoms with Crippen molar-refractivity contribution >= 4 is 0 Å². The molecule has 0 spiro atoms. The van der Waals surface area contributed by atoms with Gasteiger partial charge in [0.25, 0.3) is 0 Å². The minimum Gasteiger partial charge on any atom is -0.385 e. The lowest BCUT2D eigenvalue weighted by Gasteiger charge is -2.28. The van der Waals surface area contributed by atoms with E-state index in [1.165, 1.54) is 12.0 Å². The first kappa shape index (κ1) is 14.6. The highest BCUT2D eigenvalue weighted by Gasteiger charge is 2.31. The number of aliphatic hydroxyl groups is 1. The van der Waals surface area contributed by atoms with Gasteiger partial charge in [0, 0.05) is 0 Å². The highest BCUT2D eigenvalue weighted by molar-refractivity contribution is 5.31. The van der Waals surface area contributed by atoms with Gasteiger partial charge in [0.2, 0.25) is 0 Å². The average molecular weight is 260 g/mol. The van der Waals surface area contributed by atoms with Crippen molar-refractivity contribution in [2.75, 3.05) is 0 Å². The molecule has 19 heavy (non-hydrogen) atoms. The number of benzene rings is 1. The summed E-state index contributed by atoms with van der Waals surface area (Å²) in [5, 5.41) is 10.9. The zero-order valence-corrected chi connectivity index (χ0v) is 12.9. The van der Waals surface area contributed by atoms with Gasteiger partial charge in [0.1, 0.15) is 0 Å². The van der Waals surface area contributed by atoms with E-state index < -0.39 is 5.60 Å². The van der Waals surface area contributed by atoms with Crippen LogP contribution in [0.4, 0.5) is 0 Å². The SMILES string of the molecule is CC1CCCC(O)(c2ccc(C(C)(C)C)cc2)CC1. The summed E-state index contributed by atoms with van der Waals surface area (Å²) in [5.74, 6) is 0.753. The van der Waals surface area contributed by atoms with Gasteiger partial charge in [0.05, 0.1) is 5.60 Å². The van der Waals surface area contributed by atoms with Crippen LogP contribution in [0, 0.1) is 5.92 Å². The fourth-order valence-corrected chi connectivity index (χ4v) is 3.07. The van der Waals surface area contributed by atoms with Crippen molar-refractivity contribution in [1.29, 1.82) is 0 Å². The van der Waals surface area contributed by atoms with E-state index in [9.17, 15) is 5.11 Å². The number of rotatable bonds is 1. The summed E-state index contributed by atoms with van der Waals surface area (Å²) in [6, 6.07) is 8.64. The molecule has 1 fully saturated rings. The Morgan fingerprint density at radius 1 is 1.05 bits per heavy atom. The number of hydrogen-bond donors (Lipinski definition) is 1. The molecule has 0 saturated heterocycles. The quantitative estimate of drug-likeness (QED) is 0.721. The van der Waals surface area contributed by atoms with Gasteiger partial charge in [0.15, 0.2) is 0 Å². The van der Waals surface area contributed by atoms with Crippen molar-refractivity contribution in [2.45, 2.75) is 70.8 Å². The van der Waals surface area contributed by atoms with Crippen LogP contribution in [0.5, 0.6) is 0 Å². The maximum atomic E-state index is 10.9. The summed E-state index contributed by atoms with van der Waals surface area (Å²) in [6.07, 6.45) is 5.34. The smallest absolute Gasteiger partial charge is 0.0896 e. The molecule has 0 aromatic heterocycles. The molecule has 1 heteroatoms. The molecule has 106 valence electrons. The zero-order valence-electron chi connectivity index (χ0n) is 12.9. The van der Waals surface area contributed by atoms with E-state index in [0.29, 0.717) is 0 Å². The van der Waals surface area contributed by atoms with E-state index in [1.54, 1.807) is 0 Å². The van der Waals surface area contributed by atoms with Crippen LogP contribution < -0.4 is 0 Å². The lowest BCUT2D eigenvalue weighted by molar-refractivity contribution is 0.0198. The Bertz CT molecular complexity index is 412. The summed E-state index contributed by atoms with van der Waals surface area (Å²) in [5.41, 5.74) is 2.02. The van der Waals surface area contributed by atoms with Crippen LogP contribution in [-0.4, -0.2) is 5.11 Å². The molecule has 0 aliphatic heterocycles. The van der Waals surface area contributed by atoms with Crippen molar-refractivity contribution in [3.8, 4) is 0 Å². The van der Waals surface area contributed by atoms with Gasteiger partial charge in [-0.05, 0) is 48.1 Å². The van der Waals surface area contributed by atoms with Crippen molar-refractivity contribution in [1.82, 2.24) is 0 Å². The third-order valence-electron chi connectivity index (χ3n) is 4.63. The van der Waals surface area contributed by atoms with Gasteiger partial charge < -0.3 is 5.11 Å². The van der Waals surface area contributed by atoms with Gasteiger partial charge >= 0.3 is 0 Å². The van der Waals surface area contributed by atoms with Gasteiger partial charge in [-0.1, -0.05) is 58.4 Å². The molecular weight excluding hydrogens is 232 g/mol. The van der Waals surface area contributed by atoms with Gasteiger partial charge in [-0.15, -0.1) is 0 Å². The van der Waals surface area contributed by atoms with Crippen molar-refractivity contribution in [3.05, 3.63) is 35.4 Å². The first-order chi connectivity index (χ1) is 8.81. The second-order valence-electron chi connectivity index (χ2n) is 7.40. The minimum absolute atomic E-state index is 0.180. The highest BCUT2D eigenvalue weighted by Crippen LogP contribution is 2.38. The van der Waals surface area contributed by atoms with Crippen LogP contribution in [-0.2, 0) is 11.0 Å². The third-order valence-corrected chi connectivity index (χ3v) is 4.63. The average Bonchev–Trinajstić information content (AvgIpc) is 2.52. The highest BCUT2D eigenvalue weighted by atomic mass is 16.3. The molecule has 1 aromatic carbocycles. The molecule has 1 nitrogen and oxygen atoms in total. The van der Waals surface area contributed by atoms with E-state index in [4.69, 9.17) is 0 Å². The molecule has 2 atom stereocenters. The third kappa shape index (κ3) is 3.39.